The molecule has 1 fully saturated rings. The lowest BCUT2D eigenvalue weighted by Crippen LogP contribution is -2.23. The molecule has 0 aliphatic carbocycles. The smallest absolute Gasteiger partial charge is 0.341 e. The number of esters is 1. The molecule has 1 saturated heterocycles. The van der Waals surface area contributed by atoms with Crippen molar-refractivity contribution >= 4 is 17.3 Å². The molecule has 1 atom stereocenters. The van der Waals surface area contributed by atoms with Crippen LogP contribution in [0.3, 0.4) is 0 Å². The zero-order valence-corrected chi connectivity index (χ0v) is 12.9. The summed E-state index contributed by atoms with van der Waals surface area (Å²) in [6.45, 7) is 3.88. The molecule has 5 heteroatoms. The molecule has 112 valence electrons. The van der Waals surface area contributed by atoms with E-state index >= 15 is 0 Å². The third-order valence-electron chi connectivity index (χ3n) is 3.88. The van der Waals surface area contributed by atoms with E-state index in [1.807, 2.05) is 6.92 Å². The van der Waals surface area contributed by atoms with Crippen LogP contribution in [0.1, 0.15) is 47.5 Å². The van der Waals surface area contributed by atoms with Crippen LogP contribution >= 0.6 is 11.3 Å². The Labute approximate surface area is 128 Å². The van der Waals surface area contributed by atoms with Crippen LogP contribution in [0, 0.1) is 0 Å². The lowest BCUT2D eigenvalue weighted by atomic mass is 10.1. The van der Waals surface area contributed by atoms with Crippen molar-refractivity contribution in [3.8, 4) is 0 Å². The van der Waals surface area contributed by atoms with Gasteiger partial charge in [-0.1, -0.05) is 0 Å². The second-order valence-electron chi connectivity index (χ2n) is 5.16. The highest BCUT2D eigenvalue weighted by Crippen LogP contribution is 2.34. The van der Waals surface area contributed by atoms with Crippen LogP contribution in [-0.4, -0.2) is 24.0 Å². The van der Waals surface area contributed by atoms with Crippen LogP contribution in [0.4, 0.5) is 0 Å². The van der Waals surface area contributed by atoms with Gasteiger partial charge in [0.2, 0.25) is 0 Å². The van der Waals surface area contributed by atoms with Crippen molar-refractivity contribution < 1.29 is 13.9 Å². The number of nitrogens with zero attached hydrogens (tertiary/aromatic N) is 1. The van der Waals surface area contributed by atoms with E-state index in [9.17, 15) is 4.79 Å². The lowest BCUT2D eigenvalue weighted by Gasteiger charge is -2.23. The summed E-state index contributed by atoms with van der Waals surface area (Å²) in [5.41, 5.74) is 1.91. The highest BCUT2D eigenvalue weighted by atomic mass is 32.1. The molecule has 2 aromatic heterocycles. The maximum atomic E-state index is 11.9. The second-order valence-corrected chi connectivity index (χ2v) is 5.94. The number of ether oxygens (including phenoxy) is 1. The van der Waals surface area contributed by atoms with Crippen molar-refractivity contribution in [1.82, 2.24) is 4.90 Å². The molecule has 0 saturated carbocycles. The van der Waals surface area contributed by atoms with E-state index in [-0.39, 0.29) is 5.97 Å². The van der Waals surface area contributed by atoms with E-state index in [1.165, 1.54) is 12.0 Å². The molecule has 0 unspecified atom stereocenters. The number of hydrogen-bond acceptors (Lipinski definition) is 5. The molecule has 2 aromatic rings. The van der Waals surface area contributed by atoms with Gasteiger partial charge in [0.1, 0.15) is 11.3 Å². The molecule has 0 N–H and O–H groups in total. The van der Waals surface area contributed by atoms with Gasteiger partial charge in [-0.05, 0) is 54.8 Å². The predicted octanol–water partition coefficient (Wildman–Crippen LogP) is 3.85. The van der Waals surface area contributed by atoms with E-state index in [4.69, 9.17) is 9.15 Å². The van der Waals surface area contributed by atoms with E-state index < -0.39 is 0 Å². The van der Waals surface area contributed by atoms with Crippen molar-refractivity contribution in [2.24, 2.45) is 0 Å². The fraction of sp³-hybridized carbons (Fsp3) is 0.438. The number of hydrogen-bond donors (Lipinski definition) is 0. The molecule has 1 aliphatic heterocycles. The van der Waals surface area contributed by atoms with Gasteiger partial charge in [-0.2, -0.15) is 11.3 Å². The first kappa shape index (κ1) is 14.4. The molecule has 0 spiro atoms. The monoisotopic (exact) mass is 305 g/mol. The molecular formula is C16H19NO3S. The molecule has 0 radical (unpaired) electrons. The van der Waals surface area contributed by atoms with Crippen LogP contribution < -0.4 is 0 Å². The fourth-order valence-corrected chi connectivity index (χ4v) is 3.60. The zero-order valence-electron chi connectivity index (χ0n) is 12.1. The minimum atomic E-state index is -0.299. The highest BCUT2D eigenvalue weighted by molar-refractivity contribution is 7.07. The van der Waals surface area contributed by atoms with Gasteiger partial charge < -0.3 is 9.15 Å². The van der Waals surface area contributed by atoms with Crippen molar-refractivity contribution in [3.63, 3.8) is 0 Å². The van der Waals surface area contributed by atoms with Gasteiger partial charge in [0, 0.05) is 6.04 Å². The molecule has 0 aromatic carbocycles. The topological polar surface area (TPSA) is 42.7 Å². The van der Waals surface area contributed by atoms with Crippen molar-refractivity contribution in [1.29, 1.82) is 0 Å². The van der Waals surface area contributed by atoms with E-state index in [1.54, 1.807) is 23.7 Å². The zero-order chi connectivity index (χ0) is 14.7. The van der Waals surface area contributed by atoms with Gasteiger partial charge in [0.25, 0.3) is 0 Å². The van der Waals surface area contributed by atoms with Crippen molar-refractivity contribution in [2.75, 3.05) is 13.2 Å². The number of carbonyl (C=O) groups excluding carboxylic acids is 1. The average Bonchev–Trinajstić information content (AvgIpc) is 3.20. The molecule has 0 bridgehead atoms. The maximum Gasteiger partial charge on any atom is 0.341 e. The minimum absolute atomic E-state index is 0.299. The molecular weight excluding hydrogens is 286 g/mol. The van der Waals surface area contributed by atoms with Crippen molar-refractivity contribution in [2.45, 2.75) is 32.4 Å². The number of carbonyl (C=O) groups is 1. The second kappa shape index (κ2) is 6.45. The predicted molar refractivity (Wildman–Crippen MR) is 81.4 cm³/mol. The molecule has 4 nitrogen and oxygen atoms in total. The molecule has 1 aliphatic rings. The summed E-state index contributed by atoms with van der Waals surface area (Å²) >= 11 is 1.73. The largest absolute Gasteiger partial charge is 0.467 e. The number of thiophene rings is 1. The third kappa shape index (κ3) is 3.04. The summed E-state index contributed by atoms with van der Waals surface area (Å²) in [6.07, 6.45) is 3.90. The SMILES string of the molecule is CCOC(=O)c1ccoc1CN1CCC[C@@H]1c1ccsc1. The number of rotatable bonds is 5. The van der Waals surface area contributed by atoms with Crippen LogP contribution in [0.25, 0.3) is 0 Å². The fourth-order valence-electron chi connectivity index (χ4n) is 2.90. The third-order valence-corrected chi connectivity index (χ3v) is 4.58. The maximum absolute atomic E-state index is 11.9. The Morgan fingerprint density at radius 1 is 1.52 bits per heavy atom. The van der Waals surface area contributed by atoms with Gasteiger partial charge in [-0.3, -0.25) is 4.90 Å². The van der Waals surface area contributed by atoms with Gasteiger partial charge in [-0.25, -0.2) is 4.79 Å². The van der Waals surface area contributed by atoms with Crippen LogP contribution in [0.2, 0.25) is 0 Å². The summed E-state index contributed by atoms with van der Waals surface area (Å²) < 4.78 is 10.6. The van der Waals surface area contributed by atoms with E-state index in [0.717, 1.165) is 13.0 Å². The molecule has 3 rings (SSSR count). The Balaban J connectivity index is 1.74. The van der Waals surface area contributed by atoms with Gasteiger partial charge >= 0.3 is 5.97 Å². The van der Waals surface area contributed by atoms with Gasteiger partial charge in [-0.15, -0.1) is 0 Å². The van der Waals surface area contributed by atoms with E-state index in [0.29, 0.717) is 30.5 Å². The van der Waals surface area contributed by atoms with Crippen LogP contribution in [-0.2, 0) is 11.3 Å². The Morgan fingerprint density at radius 2 is 2.43 bits per heavy atom. The molecule has 0 amide bonds. The first-order valence-electron chi connectivity index (χ1n) is 7.29. The first-order valence-corrected chi connectivity index (χ1v) is 8.23. The normalized spacial score (nSPS) is 19.0. The average molecular weight is 305 g/mol. The Hall–Kier alpha value is -1.59. The summed E-state index contributed by atoms with van der Waals surface area (Å²) in [7, 11) is 0. The molecule has 3 heterocycles. The van der Waals surface area contributed by atoms with Gasteiger partial charge in [0.15, 0.2) is 0 Å². The quantitative estimate of drug-likeness (QED) is 0.787. The number of furan rings is 1. The first-order chi connectivity index (χ1) is 10.3. The van der Waals surface area contributed by atoms with Crippen LogP contribution in [0.15, 0.2) is 33.6 Å². The Kier molecular flexibility index (Phi) is 4.41. The summed E-state index contributed by atoms with van der Waals surface area (Å²) in [5, 5.41) is 4.32. The van der Waals surface area contributed by atoms with Crippen LogP contribution in [0.5, 0.6) is 0 Å². The lowest BCUT2D eigenvalue weighted by molar-refractivity contribution is 0.0521. The minimum Gasteiger partial charge on any atom is -0.467 e. The Bertz CT molecular complexity index is 590. The summed E-state index contributed by atoms with van der Waals surface area (Å²) in [5.74, 6) is 0.406. The summed E-state index contributed by atoms with van der Waals surface area (Å²) in [4.78, 5) is 14.3. The summed E-state index contributed by atoms with van der Waals surface area (Å²) in [6, 6.07) is 4.31. The van der Waals surface area contributed by atoms with E-state index in [2.05, 4.69) is 21.7 Å². The van der Waals surface area contributed by atoms with Crippen molar-refractivity contribution in [3.05, 3.63) is 46.0 Å². The Morgan fingerprint density at radius 3 is 3.19 bits per heavy atom. The molecule has 21 heavy (non-hydrogen) atoms. The highest BCUT2D eigenvalue weighted by Gasteiger charge is 2.28. The number of likely N-dealkylation sites (tertiary alicyclic amines) is 1. The van der Waals surface area contributed by atoms with Gasteiger partial charge in [0.05, 0.1) is 19.4 Å². The standard InChI is InChI=1S/C16H19NO3S/c1-2-19-16(18)13-5-8-20-15(13)10-17-7-3-4-14(17)12-6-9-21-11-12/h5-6,8-9,11,14H,2-4,7,10H2,1H3/t14-/m1/s1.